The van der Waals surface area contributed by atoms with Crippen LogP contribution in [0.1, 0.15) is 40.0 Å². The van der Waals surface area contributed by atoms with E-state index < -0.39 is 27.3 Å². The number of sulfonamides is 1. The van der Waals surface area contributed by atoms with Crippen LogP contribution in [-0.4, -0.2) is 60.7 Å². The number of nitrogens with one attached hydrogen (secondary N) is 1. The molecule has 1 aromatic heterocycles. The van der Waals surface area contributed by atoms with E-state index in [4.69, 9.17) is 9.47 Å². The van der Waals surface area contributed by atoms with Crippen LogP contribution in [0.3, 0.4) is 0 Å². The molecule has 4 rings (SSSR count). The molecule has 168 valence electrons. The molecule has 1 amide bonds. The minimum Gasteiger partial charge on any atom is -0.444 e. The predicted octanol–water partition coefficient (Wildman–Crippen LogP) is 3.07. The summed E-state index contributed by atoms with van der Waals surface area (Å²) in [6.07, 6.45) is 3.07. The van der Waals surface area contributed by atoms with Gasteiger partial charge in [-0.1, -0.05) is 6.07 Å². The van der Waals surface area contributed by atoms with E-state index in [2.05, 4.69) is 10.3 Å². The number of hydrogen-bond acceptors (Lipinski definition) is 6. The largest absolute Gasteiger partial charge is 0.444 e. The molecule has 0 unspecified atom stereocenters. The lowest BCUT2D eigenvalue weighted by molar-refractivity contribution is -0.0312. The van der Waals surface area contributed by atoms with Crippen molar-refractivity contribution in [3.05, 3.63) is 36.5 Å². The number of carbonyl (C=O) groups excluding carboxylic acids is 1. The van der Waals surface area contributed by atoms with Crippen LogP contribution in [0, 0.1) is 0 Å². The van der Waals surface area contributed by atoms with Gasteiger partial charge in [-0.3, -0.25) is 4.98 Å². The lowest BCUT2D eigenvalue weighted by atomic mass is 9.88. The van der Waals surface area contributed by atoms with Crippen molar-refractivity contribution < 1.29 is 22.7 Å². The Labute approximate surface area is 183 Å². The first-order chi connectivity index (χ1) is 14.6. The van der Waals surface area contributed by atoms with Crippen LogP contribution in [0.5, 0.6) is 0 Å². The van der Waals surface area contributed by atoms with Crippen LogP contribution < -0.4 is 5.32 Å². The van der Waals surface area contributed by atoms with E-state index in [0.717, 1.165) is 10.9 Å². The lowest BCUT2D eigenvalue weighted by Crippen LogP contribution is -2.47. The van der Waals surface area contributed by atoms with Crippen LogP contribution in [-0.2, 0) is 19.5 Å². The number of amides is 1. The van der Waals surface area contributed by atoms with E-state index in [0.29, 0.717) is 39.0 Å². The van der Waals surface area contributed by atoms with E-state index in [1.54, 1.807) is 30.5 Å². The predicted molar refractivity (Wildman–Crippen MR) is 116 cm³/mol. The Morgan fingerprint density at radius 1 is 1.26 bits per heavy atom. The topological polar surface area (TPSA) is 97.8 Å². The average Bonchev–Trinajstić information content (AvgIpc) is 3.08. The molecule has 1 aromatic carbocycles. The lowest BCUT2D eigenvalue weighted by Gasteiger charge is -2.38. The van der Waals surface area contributed by atoms with Crippen molar-refractivity contribution >= 4 is 27.0 Å². The van der Waals surface area contributed by atoms with E-state index >= 15 is 0 Å². The molecule has 2 aliphatic rings. The van der Waals surface area contributed by atoms with Gasteiger partial charge in [-0.2, -0.15) is 4.31 Å². The maximum atomic E-state index is 13.2. The fourth-order valence-corrected chi connectivity index (χ4v) is 5.73. The molecule has 8 nitrogen and oxygen atoms in total. The molecule has 3 heterocycles. The van der Waals surface area contributed by atoms with Crippen LogP contribution in [0.2, 0.25) is 0 Å². The number of ether oxygens (including phenoxy) is 2. The molecule has 9 heteroatoms. The summed E-state index contributed by atoms with van der Waals surface area (Å²) in [5.41, 5.74) is -0.194. The van der Waals surface area contributed by atoms with E-state index in [-0.39, 0.29) is 10.9 Å². The van der Waals surface area contributed by atoms with Gasteiger partial charge in [-0.15, -0.1) is 0 Å². The molecular weight excluding hydrogens is 418 g/mol. The third kappa shape index (κ3) is 4.83. The van der Waals surface area contributed by atoms with Gasteiger partial charge in [0.15, 0.2) is 0 Å². The monoisotopic (exact) mass is 447 g/mol. The number of alkyl carbamates (subject to hydrolysis) is 1. The van der Waals surface area contributed by atoms with E-state index in [1.807, 2.05) is 26.8 Å². The first kappa shape index (κ1) is 22.0. The molecule has 0 saturated carbocycles. The molecule has 2 aliphatic heterocycles. The van der Waals surface area contributed by atoms with Crippen LogP contribution >= 0.6 is 0 Å². The number of piperidine rings is 1. The van der Waals surface area contributed by atoms with Gasteiger partial charge < -0.3 is 14.8 Å². The summed E-state index contributed by atoms with van der Waals surface area (Å²) in [6.45, 7) is 6.63. The highest BCUT2D eigenvalue weighted by molar-refractivity contribution is 7.89. The van der Waals surface area contributed by atoms with Gasteiger partial charge in [0.2, 0.25) is 10.0 Å². The van der Waals surface area contributed by atoms with Crippen molar-refractivity contribution in [1.82, 2.24) is 14.6 Å². The Balaban J connectivity index is 1.38. The highest BCUT2D eigenvalue weighted by Gasteiger charge is 2.45. The first-order valence-electron chi connectivity index (χ1n) is 10.5. The van der Waals surface area contributed by atoms with Gasteiger partial charge >= 0.3 is 6.09 Å². The summed E-state index contributed by atoms with van der Waals surface area (Å²) in [5, 5.41) is 3.67. The second-order valence-corrected chi connectivity index (χ2v) is 11.2. The highest BCUT2D eigenvalue weighted by atomic mass is 32.2. The summed E-state index contributed by atoms with van der Waals surface area (Å²) >= 11 is 0. The molecule has 0 aliphatic carbocycles. The number of aromatic nitrogens is 1. The fraction of sp³-hybridized carbons (Fsp3) is 0.545. The maximum absolute atomic E-state index is 13.2. The SMILES string of the molecule is CC(C)(C)OC(=O)N[C@H]1COC2(CCN(S(=O)(=O)c3ccc4ncccc4c3)CC2)C1. The highest BCUT2D eigenvalue weighted by Crippen LogP contribution is 2.37. The molecule has 0 bridgehead atoms. The molecule has 0 radical (unpaired) electrons. The van der Waals surface area contributed by atoms with Crippen LogP contribution in [0.15, 0.2) is 41.4 Å². The number of nitrogens with zero attached hydrogens (tertiary/aromatic N) is 2. The van der Waals surface area contributed by atoms with E-state index in [9.17, 15) is 13.2 Å². The Hall–Kier alpha value is -2.23. The minimum absolute atomic E-state index is 0.133. The molecule has 31 heavy (non-hydrogen) atoms. The van der Waals surface area contributed by atoms with Crippen molar-refractivity contribution in [3.63, 3.8) is 0 Å². The molecule has 2 aromatic rings. The van der Waals surface area contributed by atoms with Gasteiger partial charge in [0.05, 0.1) is 28.7 Å². The third-order valence-electron chi connectivity index (χ3n) is 5.78. The Morgan fingerprint density at radius 2 is 2.00 bits per heavy atom. The second-order valence-electron chi connectivity index (χ2n) is 9.30. The number of rotatable bonds is 3. The van der Waals surface area contributed by atoms with Crippen molar-refractivity contribution in [2.24, 2.45) is 0 Å². The normalized spacial score (nSPS) is 22.0. The molecule has 1 atom stereocenters. The first-order valence-corrected chi connectivity index (χ1v) is 12.0. The number of benzene rings is 1. The Morgan fingerprint density at radius 3 is 2.71 bits per heavy atom. The van der Waals surface area contributed by atoms with Crippen molar-refractivity contribution in [2.75, 3.05) is 19.7 Å². The molecule has 1 N–H and O–H groups in total. The number of fused-ring (bicyclic) bond motifs is 1. The van der Waals surface area contributed by atoms with Gasteiger partial charge in [0, 0.05) is 24.7 Å². The summed E-state index contributed by atoms with van der Waals surface area (Å²) in [5.74, 6) is 0. The molecule has 2 saturated heterocycles. The quantitative estimate of drug-likeness (QED) is 0.777. The third-order valence-corrected chi connectivity index (χ3v) is 7.67. The second kappa shape index (κ2) is 8.03. The molecule has 2 fully saturated rings. The van der Waals surface area contributed by atoms with Crippen molar-refractivity contribution in [1.29, 1.82) is 0 Å². The zero-order chi connectivity index (χ0) is 22.3. The number of hydrogen-bond donors (Lipinski definition) is 1. The van der Waals surface area contributed by atoms with Crippen LogP contribution in [0.4, 0.5) is 4.79 Å². The summed E-state index contributed by atoms with van der Waals surface area (Å²) in [7, 11) is -3.59. The molecule has 1 spiro atoms. The summed E-state index contributed by atoms with van der Waals surface area (Å²) < 4.78 is 39.2. The van der Waals surface area contributed by atoms with Gasteiger partial charge in [-0.05, 0) is 64.3 Å². The van der Waals surface area contributed by atoms with Crippen LogP contribution in [0.25, 0.3) is 10.9 Å². The van der Waals surface area contributed by atoms with Gasteiger partial charge in [0.25, 0.3) is 0 Å². The standard InChI is InChI=1S/C22H29N3O5S/c1-21(2,3)30-20(26)24-17-14-22(29-15-17)8-11-25(12-9-22)31(27,28)18-6-7-19-16(13-18)5-4-10-23-19/h4-7,10,13,17H,8-9,11-12,14-15H2,1-3H3,(H,24,26)/t17-/m1/s1. The minimum atomic E-state index is -3.59. The number of pyridine rings is 1. The summed E-state index contributed by atoms with van der Waals surface area (Å²) in [4.78, 5) is 16.6. The smallest absolute Gasteiger partial charge is 0.407 e. The Kier molecular flexibility index (Phi) is 5.70. The zero-order valence-corrected chi connectivity index (χ0v) is 18.9. The Bertz CT molecular complexity index is 1070. The van der Waals surface area contributed by atoms with Crippen molar-refractivity contribution in [2.45, 2.75) is 62.2 Å². The van der Waals surface area contributed by atoms with Crippen molar-refractivity contribution in [3.8, 4) is 0 Å². The van der Waals surface area contributed by atoms with Gasteiger partial charge in [-0.25, -0.2) is 13.2 Å². The molecular formula is C22H29N3O5S. The maximum Gasteiger partial charge on any atom is 0.407 e. The zero-order valence-electron chi connectivity index (χ0n) is 18.1. The van der Waals surface area contributed by atoms with Gasteiger partial charge in [0.1, 0.15) is 5.60 Å². The van der Waals surface area contributed by atoms with E-state index in [1.165, 1.54) is 4.31 Å². The fourth-order valence-electron chi connectivity index (χ4n) is 4.26. The summed E-state index contributed by atoms with van der Waals surface area (Å²) in [6, 6.07) is 8.54. The number of carbonyl (C=O) groups is 1. The average molecular weight is 448 g/mol.